The van der Waals surface area contributed by atoms with Crippen LogP contribution in [0.2, 0.25) is 0 Å². The van der Waals surface area contributed by atoms with Gasteiger partial charge in [-0.25, -0.2) is 4.39 Å². The van der Waals surface area contributed by atoms with Crippen molar-refractivity contribution in [1.29, 1.82) is 0 Å². The number of halogens is 1. The van der Waals surface area contributed by atoms with Crippen molar-refractivity contribution < 1.29 is 14.0 Å². The van der Waals surface area contributed by atoms with Crippen LogP contribution < -0.4 is 5.32 Å². The van der Waals surface area contributed by atoms with Crippen LogP contribution in [-0.2, 0) is 16.0 Å². The molecule has 1 aliphatic rings. The van der Waals surface area contributed by atoms with E-state index in [-0.39, 0.29) is 30.2 Å². The molecule has 108 valence electrons. The monoisotopic (exact) mass is 278 g/mol. The summed E-state index contributed by atoms with van der Waals surface area (Å²) in [6, 6.07) is 5.71. The van der Waals surface area contributed by atoms with Crippen LogP contribution >= 0.6 is 0 Å². The molecule has 0 aromatic heterocycles. The third-order valence-corrected chi connectivity index (χ3v) is 3.62. The van der Waals surface area contributed by atoms with Gasteiger partial charge in [0.25, 0.3) is 0 Å². The van der Waals surface area contributed by atoms with E-state index in [4.69, 9.17) is 0 Å². The Morgan fingerprint density at radius 2 is 2.00 bits per heavy atom. The molecule has 2 rings (SSSR count). The van der Waals surface area contributed by atoms with E-state index in [2.05, 4.69) is 5.32 Å². The summed E-state index contributed by atoms with van der Waals surface area (Å²) in [5, 5.41) is 2.69. The summed E-state index contributed by atoms with van der Waals surface area (Å²) in [7, 11) is 0. The number of hydrogen-bond donors (Lipinski definition) is 1. The van der Waals surface area contributed by atoms with Crippen molar-refractivity contribution in [2.75, 3.05) is 6.54 Å². The van der Waals surface area contributed by atoms with Crippen molar-refractivity contribution in [1.82, 2.24) is 10.2 Å². The van der Waals surface area contributed by atoms with E-state index in [9.17, 15) is 14.0 Å². The number of benzene rings is 1. The fraction of sp³-hybridized carbons (Fsp3) is 0.467. The zero-order valence-corrected chi connectivity index (χ0v) is 11.7. The average molecular weight is 278 g/mol. The Morgan fingerprint density at radius 1 is 1.35 bits per heavy atom. The highest BCUT2D eigenvalue weighted by atomic mass is 19.1. The minimum absolute atomic E-state index is 0.0401. The molecule has 2 unspecified atom stereocenters. The van der Waals surface area contributed by atoms with E-state index in [1.54, 1.807) is 17.0 Å². The summed E-state index contributed by atoms with van der Waals surface area (Å²) in [6.07, 6.45) is 1.19. The molecule has 1 aromatic carbocycles. The van der Waals surface area contributed by atoms with Gasteiger partial charge in [-0.15, -0.1) is 0 Å². The van der Waals surface area contributed by atoms with Gasteiger partial charge in [0.15, 0.2) is 0 Å². The van der Waals surface area contributed by atoms with Gasteiger partial charge in [0.1, 0.15) is 11.9 Å². The summed E-state index contributed by atoms with van der Waals surface area (Å²) in [5.74, 6) is -0.440. The average Bonchev–Trinajstić information content (AvgIpc) is 2.43. The van der Waals surface area contributed by atoms with E-state index in [0.29, 0.717) is 12.8 Å². The molecule has 20 heavy (non-hydrogen) atoms. The number of piperazine rings is 1. The van der Waals surface area contributed by atoms with E-state index in [0.717, 1.165) is 5.56 Å². The molecule has 0 spiro atoms. The van der Waals surface area contributed by atoms with Crippen LogP contribution in [0.15, 0.2) is 24.3 Å². The van der Waals surface area contributed by atoms with E-state index >= 15 is 0 Å². The second-order valence-electron chi connectivity index (χ2n) is 5.17. The highest BCUT2D eigenvalue weighted by Crippen LogP contribution is 2.14. The smallest absolute Gasteiger partial charge is 0.245 e. The standard InChI is InChI=1S/C15H19FN2O2/c1-3-13-15(20)18(9-14(19)17-13)10(2)8-11-4-6-12(16)7-5-11/h4-7,10,13H,3,8-9H2,1-2H3,(H,17,19). The summed E-state index contributed by atoms with van der Waals surface area (Å²) in [6.45, 7) is 3.88. The van der Waals surface area contributed by atoms with Crippen LogP contribution in [0.4, 0.5) is 4.39 Å². The lowest BCUT2D eigenvalue weighted by molar-refractivity contribution is -0.146. The molecule has 0 bridgehead atoms. The predicted octanol–water partition coefficient (Wildman–Crippen LogP) is 1.49. The van der Waals surface area contributed by atoms with Gasteiger partial charge >= 0.3 is 0 Å². The van der Waals surface area contributed by atoms with Gasteiger partial charge in [-0.05, 0) is 37.5 Å². The number of nitrogens with zero attached hydrogens (tertiary/aromatic N) is 1. The van der Waals surface area contributed by atoms with Gasteiger partial charge in [0.2, 0.25) is 11.8 Å². The number of carbonyl (C=O) groups is 2. The third-order valence-electron chi connectivity index (χ3n) is 3.62. The maximum Gasteiger partial charge on any atom is 0.245 e. The van der Waals surface area contributed by atoms with E-state index in [1.807, 2.05) is 13.8 Å². The first kappa shape index (κ1) is 14.5. The molecule has 2 amide bonds. The van der Waals surface area contributed by atoms with Gasteiger partial charge in [0, 0.05) is 6.04 Å². The molecule has 0 radical (unpaired) electrons. The molecule has 4 nitrogen and oxygen atoms in total. The highest BCUT2D eigenvalue weighted by Gasteiger charge is 2.33. The minimum Gasteiger partial charge on any atom is -0.343 e. The fourth-order valence-electron chi connectivity index (χ4n) is 2.46. The maximum absolute atomic E-state index is 12.9. The minimum atomic E-state index is -0.424. The van der Waals surface area contributed by atoms with Crippen LogP contribution in [0.25, 0.3) is 0 Å². The first-order valence-electron chi connectivity index (χ1n) is 6.85. The zero-order valence-electron chi connectivity index (χ0n) is 11.7. The Bertz CT molecular complexity index is 501. The molecule has 0 aliphatic carbocycles. The predicted molar refractivity (Wildman–Crippen MR) is 73.5 cm³/mol. The van der Waals surface area contributed by atoms with Gasteiger partial charge in [0.05, 0.1) is 6.54 Å². The van der Waals surface area contributed by atoms with Gasteiger partial charge in [-0.3, -0.25) is 9.59 Å². The molecule has 5 heteroatoms. The molecule has 1 aromatic rings. The van der Waals surface area contributed by atoms with Crippen molar-refractivity contribution in [3.8, 4) is 0 Å². The van der Waals surface area contributed by atoms with Crippen molar-refractivity contribution in [3.05, 3.63) is 35.6 Å². The Morgan fingerprint density at radius 3 is 2.60 bits per heavy atom. The molecule has 1 N–H and O–H groups in total. The summed E-state index contributed by atoms with van der Waals surface area (Å²) < 4.78 is 12.9. The first-order valence-corrected chi connectivity index (χ1v) is 6.85. The van der Waals surface area contributed by atoms with Crippen molar-refractivity contribution in [2.24, 2.45) is 0 Å². The molecule has 1 aliphatic heterocycles. The molecule has 1 heterocycles. The second-order valence-corrected chi connectivity index (χ2v) is 5.17. The number of amides is 2. The lowest BCUT2D eigenvalue weighted by atomic mass is 10.0. The number of carbonyl (C=O) groups excluding carboxylic acids is 2. The Balaban J connectivity index is 2.07. The lowest BCUT2D eigenvalue weighted by Crippen LogP contribution is -2.60. The molecule has 2 atom stereocenters. The van der Waals surface area contributed by atoms with Crippen LogP contribution in [-0.4, -0.2) is 35.3 Å². The number of hydrogen-bond acceptors (Lipinski definition) is 2. The van der Waals surface area contributed by atoms with Crippen molar-refractivity contribution in [3.63, 3.8) is 0 Å². The van der Waals surface area contributed by atoms with Crippen LogP contribution in [0.3, 0.4) is 0 Å². The summed E-state index contributed by atoms with van der Waals surface area (Å²) >= 11 is 0. The summed E-state index contributed by atoms with van der Waals surface area (Å²) in [5.41, 5.74) is 0.950. The molecule has 1 saturated heterocycles. The second kappa shape index (κ2) is 6.03. The van der Waals surface area contributed by atoms with Gasteiger partial charge in [-0.2, -0.15) is 0 Å². The van der Waals surface area contributed by atoms with Crippen LogP contribution in [0, 0.1) is 5.82 Å². The Kier molecular flexibility index (Phi) is 4.37. The Labute approximate surface area is 118 Å². The zero-order chi connectivity index (χ0) is 14.7. The third kappa shape index (κ3) is 3.15. The topological polar surface area (TPSA) is 49.4 Å². The van der Waals surface area contributed by atoms with Crippen LogP contribution in [0.5, 0.6) is 0 Å². The highest BCUT2D eigenvalue weighted by molar-refractivity contribution is 5.94. The van der Waals surface area contributed by atoms with Gasteiger partial charge < -0.3 is 10.2 Å². The molecule has 1 fully saturated rings. The lowest BCUT2D eigenvalue weighted by Gasteiger charge is -2.36. The number of nitrogens with one attached hydrogen (secondary N) is 1. The van der Waals surface area contributed by atoms with Crippen molar-refractivity contribution in [2.45, 2.75) is 38.8 Å². The van der Waals surface area contributed by atoms with E-state index in [1.165, 1.54) is 12.1 Å². The van der Waals surface area contributed by atoms with E-state index < -0.39 is 6.04 Å². The normalized spacial score (nSPS) is 20.8. The Hall–Kier alpha value is -1.91. The van der Waals surface area contributed by atoms with Crippen molar-refractivity contribution >= 4 is 11.8 Å². The number of rotatable bonds is 4. The quantitative estimate of drug-likeness (QED) is 0.907. The van der Waals surface area contributed by atoms with Gasteiger partial charge in [-0.1, -0.05) is 19.1 Å². The maximum atomic E-state index is 12.9. The molecule has 0 saturated carbocycles. The fourth-order valence-corrected chi connectivity index (χ4v) is 2.46. The molecular formula is C15H19FN2O2. The largest absolute Gasteiger partial charge is 0.343 e. The van der Waals surface area contributed by atoms with Crippen LogP contribution in [0.1, 0.15) is 25.8 Å². The first-order chi connectivity index (χ1) is 9.51. The summed E-state index contributed by atoms with van der Waals surface area (Å²) in [4.78, 5) is 25.5. The molecular weight excluding hydrogens is 259 g/mol. The SMILES string of the molecule is CCC1NC(=O)CN(C(C)Cc2ccc(F)cc2)C1=O.